The minimum Gasteiger partial charge on any atom is -0.494 e. The van der Waals surface area contributed by atoms with Crippen molar-refractivity contribution in [1.82, 2.24) is 0 Å². The molecule has 0 saturated carbocycles. The van der Waals surface area contributed by atoms with Crippen LogP contribution >= 0.6 is 0 Å². The lowest BCUT2D eigenvalue weighted by Crippen LogP contribution is -2.11. The average molecular weight is 344 g/mol. The molecular formula is C20H24O5. The number of carbonyl (C=O) groups excluding carboxylic acids is 1. The van der Waals surface area contributed by atoms with Gasteiger partial charge in [0.1, 0.15) is 23.9 Å². The fourth-order valence-corrected chi connectivity index (χ4v) is 2.04. The zero-order valence-corrected chi connectivity index (χ0v) is 14.7. The van der Waals surface area contributed by atoms with Gasteiger partial charge in [-0.05, 0) is 55.3 Å². The smallest absolute Gasteiger partial charge is 0.494 e. The second-order valence-corrected chi connectivity index (χ2v) is 5.39. The predicted molar refractivity (Wildman–Crippen MR) is 95.3 cm³/mol. The van der Waals surface area contributed by atoms with E-state index in [2.05, 4.69) is 0 Å². The molecule has 2 aromatic carbocycles. The summed E-state index contributed by atoms with van der Waals surface area (Å²) in [5.74, 6) is 1.97. The van der Waals surface area contributed by atoms with Crippen LogP contribution in [0.15, 0.2) is 48.5 Å². The lowest BCUT2D eigenvalue weighted by atomic mass is 10.2. The molecule has 0 unspecified atom stereocenters. The van der Waals surface area contributed by atoms with Gasteiger partial charge in [0.2, 0.25) is 0 Å². The van der Waals surface area contributed by atoms with Crippen LogP contribution in [0.2, 0.25) is 0 Å². The molecule has 0 radical (unpaired) electrons. The molecule has 0 aromatic heterocycles. The Kier molecular flexibility index (Phi) is 7.63. The number of ether oxygens (including phenoxy) is 4. The molecule has 2 aromatic rings. The lowest BCUT2D eigenvalue weighted by molar-refractivity contribution is 0.0978. The maximum absolute atomic E-state index is 11.5. The fourth-order valence-electron chi connectivity index (χ4n) is 2.04. The predicted octanol–water partition coefficient (Wildman–Crippen LogP) is 4.98. The van der Waals surface area contributed by atoms with Crippen LogP contribution in [0, 0.1) is 0 Å². The SMILES string of the molecule is CCCCOC(=O)Oc1ccc(OCc2ccc(OCC)cc2)cc1. The van der Waals surface area contributed by atoms with E-state index in [4.69, 9.17) is 18.9 Å². The van der Waals surface area contributed by atoms with Crippen molar-refractivity contribution in [3.05, 3.63) is 54.1 Å². The molecule has 5 heteroatoms. The molecule has 2 rings (SSSR count). The summed E-state index contributed by atoms with van der Waals surface area (Å²) in [5.41, 5.74) is 1.04. The van der Waals surface area contributed by atoms with Crippen molar-refractivity contribution in [2.24, 2.45) is 0 Å². The van der Waals surface area contributed by atoms with Gasteiger partial charge >= 0.3 is 6.16 Å². The van der Waals surface area contributed by atoms with Crippen LogP contribution in [0.1, 0.15) is 32.3 Å². The van der Waals surface area contributed by atoms with Crippen LogP contribution < -0.4 is 14.2 Å². The number of rotatable bonds is 9. The minimum atomic E-state index is -0.684. The van der Waals surface area contributed by atoms with Gasteiger partial charge in [0.25, 0.3) is 0 Å². The Hall–Kier alpha value is -2.69. The highest BCUT2D eigenvalue weighted by atomic mass is 16.7. The number of unbranched alkanes of at least 4 members (excludes halogenated alkanes) is 1. The van der Waals surface area contributed by atoms with Crippen molar-refractivity contribution in [3.63, 3.8) is 0 Å². The highest BCUT2D eigenvalue weighted by molar-refractivity contribution is 5.63. The third-order valence-electron chi connectivity index (χ3n) is 3.38. The standard InChI is InChI=1S/C20H24O5/c1-3-5-14-23-20(21)25-19-12-10-18(11-13-19)24-15-16-6-8-17(9-7-16)22-4-2/h6-13H,3-5,14-15H2,1-2H3. The molecule has 5 nitrogen and oxygen atoms in total. The first-order valence-electron chi connectivity index (χ1n) is 8.50. The van der Waals surface area contributed by atoms with Gasteiger partial charge < -0.3 is 18.9 Å². The van der Waals surface area contributed by atoms with Gasteiger partial charge in [0, 0.05) is 0 Å². The van der Waals surface area contributed by atoms with Gasteiger partial charge in [0.15, 0.2) is 0 Å². The van der Waals surface area contributed by atoms with E-state index in [9.17, 15) is 4.79 Å². The normalized spacial score (nSPS) is 10.2. The highest BCUT2D eigenvalue weighted by Gasteiger charge is 2.06. The summed E-state index contributed by atoms with van der Waals surface area (Å²) in [6.07, 6.45) is 1.11. The van der Waals surface area contributed by atoms with Gasteiger partial charge in [-0.25, -0.2) is 4.79 Å². The molecule has 0 amide bonds. The molecule has 0 atom stereocenters. The van der Waals surface area contributed by atoms with Crippen molar-refractivity contribution in [2.75, 3.05) is 13.2 Å². The fraction of sp³-hybridized carbons (Fsp3) is 0.350. The first-order valence-corrected chi connectivity index (χ1v) is 8.50. The van der Waals surface area contributed by atoms with Crippen LogP contribution in [0.5, 0.6) is 17.2 Å². The lowest BCUT2D eigenvalue weighted by Gasteiger charge is -2.09. The van der Waals surface area contributed by atoms with Gasteiger partial charge in [-0.15, -0.1) is 0 Å². The number of hydrogen-bond donors (Lipinski definition) is 0. The molecule has 0 heterocycles. The van der Waals surface area contributed by atoms with E-state index in [1.807, 2.05) is 38.1 Å². The molecule has 0 aliphatic heterocycles. The summed E-state index contributed by atoms with van der Waals surface area (Å²) >= 11 is 0. The van der Waals surface area contributed by atoms with E-state index in [1.165, 1.54) is 0 Å². The van der Waals surface area contributed by atoms with E-state index < -0.39 is 6.16 Å². The second-order valence-electron chi connectivity index (χ2n) is 5.39. The van der Waals surface area contributed by atoms with Gasteiger partial charge in [-0.1, -0.05) is 25.5 Å². The molecule has 0 spiro atoms. The first kappa shape index (κ1) is 18.6. The van der Waals surface area contributed by atoms with Crippen molar-refractivity contribution >= 4 is 6.16 Å². The third-order valence-corrected chi connectivity index (χ3v) is 3.38. The van der Waals surface area contributed by atoms with Crippen LogP contribution in [-0.2, 0) is 11.3 Å². The Morgan fingerprint density at radius 2 is 1.44 bits per heavy atom. The van der Waals surface area contributed by atoms with Crippen molar-refractivity contribution < 1.29 is 23.7 Å². The van der Waals surface area contributed by atoms with Gasteiger partial charge in [-0.3, -0.25) is 0 Å². The summed E-state index contributed by atoms with van der Waals surface area (Å²) in [7, 11) is 0. The Bertz CT molecular complexity index is 634. The number of benzene rings is 2. The third kappa shape index (κ3) is 6.75. The summed E-state index contributed by atoms with van der Waals surface area (Å²) in [4.78, 5) is 11.5. The summed E-state index contributed by atoms with van der Waals surface area (Å²) in [6, 6.07) is 14.6. The maximum Gasteiger partial charge on any atom is 0.513 e. The first-order chi connectivity index (χ1) is 12.2. The van der Waals surface area contributed by atoms with E-state index in [0.29, 0.717) is 31.3 Å². The van der Waals surface area contributed by atoms with Crippen LogP contribution in [0.4, 0.5) is 4.79 Å². The number of carbonyl (C=O) groups is 1. The molecule has 0 bridgehead atoms. The van der Waals surface area contributed by atoms with Crippen molar-refractivity contribution in [1.29, 1.82) is 0 Å². The molecular weight excluding hydrogens is 320 g/mol. The average Bonchev–Trinajstić information content (AvgIpc) is 2.63. The molecule has 0 aliphatic rings. The van der Waals surface area contributed by atoms with E-state index >= 15 is 0 Å². The Labute approximate surface area is 148 Å². The van der Waals surface area contributed by atoms with E-state index in [1.54, 1.807) is 24.3 Å². The Morgan fingerprint density at radius 1 is 0.840 bits per heavy atom. The second kappa shape index (κ2) is 10.2. The molecule has 25 heavy (non-hydrogen) atoms. The zero-order valence-electron chi connectivity index (χ0n) is 14.7. The van der Waals surface area contributed by atoms with Gasteiger partial charge in [-0.2, -0.15) is 0 Å². The maximum atomic E-state index is 11.5. The minimum absolute atomic E-state index is 0.374. The van der Waals surface area contributed by atoms with E-state index in [-0.39, 0.29) is 0 Å². The van der Waals surface area contributed by atoms with E-state index in [0.717, 1.165) is 24.2 Å². The van der Waals surface area contributed by atoms with Crippen molar-refractivity contribution in [3.8, 4) is 17.2 Å². The van der Waals surface area contributed by atoms with Crippen LogP contribution in [0.25, 0.3) is 0 Å². The van der Waals surface area contributed by atoms with Crippen LogP contribution in [0.3, 0.4) is 0 Å². The molecule has 0 saturated heterocycles. The summed E-state index contributed by atoms with van der Waals surface area (Å²) in [5, 5.41) is 0. The summed E-state index contributed by atoms with van der Waals surface area (Å²) in [6.45, 7) is 5.46. The molecule has 0 N–H and O–H groups in total. The van der Waals surface area contributed by atoms with Gasteiger partial charge in [0.05, 0.1) is 13.2 Å². The largest absolute Gasteiger partial charge is 0.513 e. The van der Waals surface area contributed by atoms with Crippen LogP contribution in [-0.4, -0.2) is 19.4 Å². The quantitative estimate of drug-likeness (QED) is 0.365. The molecule has 134 valence electrons. The Morgan fingerprint density at radius 3 is 2.08 bits per heavy atom. The molecule has 0 fully saturated rings. The number of hydrogen-bond acceptors (Lipinski definition) is 5. The molecule has 0 aliphatic carbocycles. The highest BCUT2D eigenvalue weighted by Crippen LogP contribution is 2.20. The zero-order chi connectivity index (χ0) is 17.9. The Balaban J connectivity index is 1.78. The monoisotopic (exact) mass is 344 g/mol. The van der Waals surface area contributed by atoms with Crippen molar-refractivity contribution in [2.45, 2.75) is 33.3 Å². The topological polar surface area (TPSA) is 54.0 Å². The summed E-state index contributed by atoms with van der Waals surface area (Å²) < 4.78 is 21.2.